The molecule has 1 N–H and O–H groups in total. The molecule has 0 aliphatic heterocycles. The van der Waals surface area contributed by atoms with Crippen LogP contribution in [0, 0.1) is 0 Å². The number of amides is 1. The molecule has 0 saturated heterocycles. The first-order valence-corrected chi connectivity index (χ1v) is 12.7. The summed E-state index contributed by atoms with van der Waals surface area (Å²) >= 11 is 8.56. The van der Waals surface area contributed by atoms with Crippen LogP contribution in [0.3, 0.4) is 0 Å². The molecule has 0 atom stereocenters. The average Bonchev–Trinajstić information content (AvgIpc) is 3.15. The molecule has 2 aromatic carbocycles. The van der Waals surface area contributed by atoms with E-state index < -0.39 is 0 Å². The second-order valence-corrected chi connectivity index (χ2v) is 10.3. The van der Waals surface area contributed by atoms with E-state index >= 15 is 0 Å². The number of halogens is 2. The van der Waals surface area contributed by atoms with E-state index in [1.807, 2.05) is 30.3 Å². The Bertz CT molecular complexity index is 1030. The quantitative estimate of drug-likeness (QED) is 0.269. The first-order valence-electron chi connectivity index (χ1n) is 10.3. The molecular formula is C24H26Br2N2O2S. The van der Waals surface area contributed by atoms with Crippen molar-refractivity contribution in [2.45, 2.75) is 46.0 Å². The van der Waals surface area contributed by atoms with E-state index in [0.717, 1.165) is 37.3 Å². The number of nitrogens with one attached hydrogen (secondary N) is 1. The number of rotatable bonds is 9. The van der Waals surface area contributed by atoms with Gasteiger partial charge in [-0.25, -0.2) is 4.98 Å². The number of hydrogen-bond acceptors (Lipinski definition) is 4. The third-order valence-electron chi connectivity index (χ3n) is 4.81. The summed E-state index contributed by atoms with van der Waals surface area (Å²) in [5.41, 5.74) is 3.25. The molecule has 31 heavy (non-hydrogen) atoms. The van der Waals surface area contributed by atoms with Gasteiger partial charge in [0.1, 0.15) is 5.75 Å². The number of hydrogen-bond donors (Lipinski definition) is 1. The Hall–Kier alpha value is -1.70. The van der Waals surface area contributed by atoms with Gasteiger partial charge in [0.15, 0.2) is 5.13 Å². The van der Waals surface area contributed by atoms with Gasteiger partial charge in [-0.15, -0.1) is 11.3 Å². The zero-order valence-corrected chi connectivity index (χ0v) is 21.9. The van der Waals surface area contributed by atoms with Crippen LogP contribution in [0.15, 0.2) is 51.4 Å². The Kier molecular flexibility index (Phi) is 8.69. The van der Waals surface area contributed by atoms with Crippen LogP contribution in [0.2, 0.25) is 0 Å². The second-order valence-electron chi connectivity index (χ2n) is 7.50. The van der Waals surface area contributed by atoms with Crippen molar-refractivity contribution >= 4 is 54.2 Å². The number of aromatic nitrogens is 1. The van der Waals surface area contributed by atoms with Crippen LogP contribution < -0.4 is 10.1 Å². The Morgan fingerprint density at radius 2 is 1.90 bits per heavy atom. The number of thiazole rings is 1. The van der Waals surface area contributed by atoms with Crippen molar-refractivity contribution in [1.82, 2.24) is 4.98 Å². The van der Waals surface area contributed by atoms with Crippen LogP contribution in [0.5, 0.6) is 5.75 Å². The summed E-state index contributed by atoms with van der Waals surface area (Å²) in [6, 6.07) is 14.2. The van der Waals surface area contributed by atoms with Crippen molar-refractivity contribution in [3.05, 3.63) is 61.9 Å². The predicted octanol–water partition coefficient (Wildman–Crippen LogP) is 7.82. The summed E-state index contributed by atoms with van der Waals surface area (Å²) in [4.78, 5) is 18.2. The molecule has 1 aromatic heterocycles. The maximum atomic E-state index is 12.4. The maximum Gasteiger partial charge on any atom is 0.226 e. The molecule has 0 unspecified atom stereocenters. The zero-order valence-electron chi connectivity index (χ0n) is 17.9. The number of ether oxygens (including phenoxy) is 1. The lowest BCUT2D eigenvalue weighted by atomic mass is 10.0. The Morgan fingerprint density at radius 1 is 1.16 bits per heavy atom. The molecule has 0 fully saturated rings. The molecule has 3 rings (SSSR count). The summed E-state index contributed by atoms with van der Waals surface area (Å²) in [6.45, 7) is 6.91. The summed E-state index contributed by atoms with van der Waals surface area (Å²) in [5.74, 6) is 1.23. The first kappa shape index (κ1) is 24.0. The normalized spacial score (nSPS) is 11.0. The Labute approximate surface area is 204 Å². The number of benzene rings is 2. The number of carbonyl (C=O) groups is 1. The van der Waals surface area contributed by atoms with Gasteiger partial charge in [0, 0.05) is 21.3 Å². The van der Waals surface area contributed by atoms with E-state index in [0.29, 0.717) is 30.5 Å². The van der Waals surface area contributed by atoms with Crippen molar-refractivity contribution in [2.75, 3.05) is 11.9 Å². The van der Waals surface area contributed by atoms with E-state index in [2.05, 4.69) is 75.1 Å². The van der Waals surface area contributed by atoms with Gasteiger partial charge in [-0.2, -0.15) is 0 Å². The number of aryl methyl sites for hydroxylation is 1. The van der Waals surface area contributed by atoms with E-state index in [-0.39, 0.29) is 5.91 Å². The fourth-order valence-corrected chi connectivity index (χ4v) is 4.78. The Morgan fingerprint density at radius 3 is 2.55 bits per heavy atom. The van der Waals surface area contributed by atoms with Crippen molar-refractivity contribution in [3.8, 4) is 17.0 Å². The first-order chi connectivity index (χ1) is 14.9. The molecule has 0 saturated carbocycles. The zero-order chi connectivity index (χ0) is 22.4. The SMILES string of the molecule is CCc1sc(NC(=O)CCCOc2ccc(C(C)C)cc2Br)nc1-c1ccc(Br)cc1. The lowest BCUT2D eigenvalue weighted by Crippen LogP contribution is -2.12. The molecule has 0 bridgehead atoms. The van der Waals surface area contributed by atoms with E-state index in [9.17, 15) is 4.79 Å². The average molecular weight is 566 g/mol. The van der Waals surface area contributed by atoms with Crippen LogP contribution in [-0.2, 0) is 11.2 Å². The third-order valence-corrected chi connectivity index (χ3v) is 7.07. The molecule has 0 aliphatic rings. The van der Waals surface area contributed by atoms with Gasteiger partial charge in [-0.05, 0) is 64.5 Å². The fourth-order valence-electron chi connectivity index (χ4n) is 3.07. The second kappa shape index (κ2) is 11.2. The minimum atomic E-state index is -0.0448. The largest absolute Gasteiger partial charge is 0.492 e. The third kappa shape index (κ3) is 6.64. The summed E-state index contributed by atoms with van der Waals surface area (Å²) < 4.78 is 7.81. The minimum Gasteiger partial charge on any atom is -0.492 e. The molecule has 1 heterocycles. The lowest BCUT2D eigenvalue weighted by Gasteiger charge is -2.11. The van der Waals surface area contributed by atoms with Crippen molar-refractivity contribution in [2.24, 2.45) is 0 Å². The van der Waals surface area contributed by atoms with E-state index in [1.54, 1.807) is 0 Å². The highest BCUT2D eigenvalue weighted by Gasteiger charge is 2.14. The van der Waals surface area contributed by atoms with Gasteiger partial charge >= 0.3 is 0 Å². The van der Waals surface area contributed by atoms with Gasteiger partial charge in [-0.3, -0.25) is 4.79 Å². The number of carbonyl (C=O) groups excluding carboxylic acids is 1. The smallest absolute Gasteiger partial charge is 0.226 e. The molecule has 7 heteroatoms. The predicted molar refractivity (Wildman–Crippen MR) is 136 cm³/mol. The Balaban J connectivity index is 1.51. The summed E-state index contributed by atoms with van der Waals surface area (Å²) in [5, 5.41) is 3.59. The highest BCUT2D eigenvalue weighted by molar-refractivity contribution is 9.10. The summed E-state index contributed by atoms with van der Waals surface area (Å²) in [6.07, 6.45) is 1.89. The number of anilines is 1. The molecule has 4 nitrogen and oxygen atoms in total. The van der Waals surface area contributed by atoms with Crippen LogP contribution in [0.4, 0.5) is 5.13 Å². The topological polar surface area (TPSA) is 51.2 Å². The van der Waals surface area contributed by atoms with Gasteiger partial charge in [0.05, 0.1) is 16.8 Å². The lowest BCUT2D eigenvalue weighted by molar-refractivity contribution is -0.116. The van der Waals surface area contributed by atoms with Crippen LogP contribution >= 0.6 is 43.2 Å². The van der Waals surface area contributed by atoms with Crippen LogP contribution in [0.1, 0.15) is 50.0 Å². The van der Waals surface area contributed by atoms with E-state index in [4.69, 9.17) is 4.74 Å². The standard InChI is InChI=1S/C24H26Br2N2O2S/c1-4-21-23(16-7-10-18(25)11-8-16)28-24(31-21)27-22(29)6-5-13-30-20-12-9-17(15(2)3)14-19(20)26/h7-12,14-15H,4-6,13H2,1-3H3,(H,27,28,29). The minimum absolute atomic E-state index is 0.0448. The van der Waals surface area contributed by atoms with Crippen LogP contribution in [-0.4, -0.2) is 17.5 Å². The van der Waals surface area contributed by atoms with Crippen molar-refractivity contribution in [3.63, 3.8) is 0 Å². The molecule has 1 amide bonds. The molecule has 164 valence electrons. The van der Waals surface area contributed by atoms with Crippen molar-refractivity contribution < 1.29 is 9.53 Å². The van der Waals surface area contributed by atoms with E-state index in [1.165, 1.54) is 16.9 Å². The fraction of sp³-hybridized carbons (Fsp3) is 0.333. The van der Waals surface area contributed by atoms with Gasteiger partial charge in [0.25, 0.3) is 0 Å². The molecule has 0 spiro atoms. The highest BCUT2D eigenvalue weighted by atomic mass is 79.9. The molecule has 0 radical (unpaired) electrons. The van der Waals surface area contributed by atoms with Gasteiger partial charge in [-0.1, -0.05) is 54.9 Å². The molecule has 3 aromatic rings. The number of nitrogens with zero attached hydrogens (tertiary/aromatic N) is 1. The van der Waals surface area contributed by atoms with Crippen LogP contribution in [0.25, 0.3) is 11.3 Å². The highest BCUT2D eigenvalue weighted by Crippen LogP contribution is 2.32. The van der Waals surface area contributed by atoms with Gasteiger partial charge in [0.2, 0.25) is 5.91 Å². The van der Waals surface area contributed by atoms with Crippen molar-refractivity contribution in [1.29, 1.82) is 0 Å². The summed E-state index contributed by atoms with van der Waals surface area (Å²) in [7, 11) is 0. The molecule has 0 aliphatic carbocycles. The maximum absolute atomic E-state index is 12.4. The van der Waals surface area contributed by atoms with Gasteiger partial charge < -0.3 is 10.1 Å². The monoisotopic (exact) mass is 564 g/mol. The molecular weight excluding hydrogens is 540 g/mol.